The van der Waals surface area contributed by atoms with E-state index in [-0.39, 0.29) is 24.1 Å². The molecule has 0 aromatic heterocycles. The van der Waals surface area contributed by atoms with Gasteiger partial charge in [-0.2, -0.15) is 0 Å². The third-order valence-electron chi connectivity index (χ3n) is 4.64. The Balaban J connectivity index is 0.00000300. The van der Waals surface area contributed by atoms with Gasteiger partial charge in [-0.1, -0.05) is 35.9 Å². The molecule has 0 saturated heterocycles. The molecular formula is C22H24Cl2N2O2S. The zero-order chi connectivity index (χ0) is 20.1. The largest absolute Gasteiger partial charge is 0.319 e. The molecule has 7 heteroatoms. The number of hydrogen-bond donors (Lipinski definition) is 1. The van der Waals surface area contributed by atoms with Crippen LogP contribution in [0.15, 0.2) is 60.0 Å². The molecule has 0 bridgehead atoms. The summed E-state index contributed by atoms with van der Waals surface area (Å²) >= 11 is 7.52. The van der Waals surface area contributed by atoms with Crippen molar-refractivity contribution in [3.05, 3.63) is 71.3 Å². The first-order valence-corrected chi connectivity index (χ1v) is 10.6. The number of hydrogen-bond acceptors (Lipinski definition) is 4. The zero-order valence-corrected chi connectivity index (χ0v) is 18.4. The summed E-state index contributed by atoms with van der Waals surface area (Å²) in [5.74, 6) is 0.440. The summed E-state index contributed by atoms with van der Waals surface area (Å²) in [6.07, 6.45) is 3.85. The number of fused-ring (bicyclic) bond motifs is 1. The number of ketones is 1. The van der Waals surface area contributed by atoms with Crippen LogP contribution >= 0.6 is 35.8 Å². The van der Waals surface area contributed by atoms with Crippen molar-refractivity contribution in [3.63, 3.8) is 0 Å². The summed E-state index contributed by atoms with van der Waals surface area (Å²) in [7, 11) is 0. The molecular weight excluding hydrogens is 427 g/mol. The second kappa shape index (κ2) is 10.8. The Bertz CT molecular complexity index is 887. The number of halogens is 2. The highest BCUT2D eigenvalue weighted by Gasteiger charge is 2.29. The van der Waals surface area contributed by atoms with Gasteiger partial charge in [0.15, 0.2) is 5.78 Å². The molecule has 2 N–H and O–H groups in total. The van der Waals surface area contributed by atoms with Gasteiger partial charge < -0.3 is 10.6 Å². The van der Waals surface area contributed by atoms with Gasteiger partial charge in [-0.05, 0) is 42.7 Å². The molecule has 4 nitrogen and oxygen atoms in total. The fourth-order valence-electron chi connectivity index (χ4n) is 3.08. The molecule has 3 rings (SSSR count). The summed E-state index contributed by atoms with van der Waals surface area (Å²) in [4.78, 5) is 28.1. The van der Waals surface area contributed by atoms with Gasteiger partial charge in [0.2, 0.25) is 5.91 Å². The van der Waals surface area contributed by atoms with Crippen LogP contribution in [0.5, 0.6) is 0 Å². The summed E-state index contributed by atoms with van der Waals surface area (Å²) < 4.78 is 0. The first-order chi connectivity index (χ1) is 13.5. The number of unbranched alkanes of at least 4 members (excludes halogenated alkanes) is 1. The van der Waals surface area contributed by atoms with Crippen molar-refractivity contribution in [2.45, 2.75) is 36.7 Å². The summed E-state index contributed by atoms with van der Waals surface area (Å²) in [5, 5.41) is 0.644. The van der Waals surface area contributed by atoms with Crippen molar-refractivity contribution in [3.8, 4) is 0 Å². The van der Waals surface area contributed by atoms with Crippen LogP contribution in [0.1, 0.15) is 35.2 Å². The SMILES string of the molecule is C=CCCCC(=O)c1ccc2c(c1)N(Cc1ccc(Cl)cc1)C(=O)[C@@H](N)CS2.Cl. The van der Waals surface area contributed by atoms with Crippen molar-refractivity contribution in [2.75, 3.05) is 10.7 Å². The molecule has 2 aromatic carbocycles. The molecule has 1 amide bonds. The lowest BCUT2D eigenvalue weighted by atomic mass is 10.0. The molecule has 0 saturated carbocycles. The Morgan fingerprint density at radius 2 is 2.00 bits per heavy atom. The number of nitrogens with zero attached hydrogens (tertiary/aromatic N) is 1. The highest BCUT2D eigenvalue weighted by molar-refractivity contribution is 7.99. The van der Waals surface area contributed by atoms with E-state index in [4.69, 9.17) is 17.3 Å². The van der Waals surface area contributed by atoms with E-state index < -0.39 is 6.04 Å². The van der Waals surface area contributed by atoms with E-state index in [0.29, 0.717) is 29.3 Å². The maximum atomic E-state index is 12.9. The Kier molecular flexibility index (Phi) is 8.78. The summed E-state index contributed by atoms with van der Waals surface area (Å²) in [6.45, 7) is 4.07. The minimum atomic E-state index is -0.587. The van der Waals surface area contributed by atoms with Crippen LogP contribution in [-0.2, 0) is 11.3 Å². The van der Waals surface area contributed by atoms with Crippen molar-refractivity contribution >= 4 is 53.1 Å². The van der Waals surface area contributed by atoms with Gasteiger partial charge in [-0.3, -0.25) is 9.59 Å². The number of nitrogens with two attached hydrogens (primary N) is 1. The third-order valence-corrected chi connectivity index (χ3v) is 6.07. The predicted molar refractivity (Wildman–Crippen MR) is 123 cm³/mol. The maximum Gasteiger partial charge on any atom is 0.245 e. The fraction of sp³-hybridized carbons (Fsp3) is 0.273. The van der Waals surface area contributed by atoms with E-state index in [0.717, 1.165) is 29.0 Å². The van der Waals surface area contributed by atoms with Gasteiger partial charge in [-0.25, -0.2) is 0 Å². The molecule has 154 valence electrons. The Morgan fingerprint density at radius 1 is 1.28 bits per heavy atom. The number of benzene rings is 2. The number of allylic oxidation sites excluding steroid dienone is 1. The van der Waals surface area contributed by atoms with Crippen LogP contribution in [0.3, 0.4) is 0 Å². The monoisotopic (exact) mass is 450 g/mol. The second-order valence-corrected chi connectivity index (χ2v) is 8.25. The summed E-state index contributed by atoms with van der Waals surface area (Å²) in [6, 6.07) is 12.4. The van der Waals surface area contributed by atoms with E-state index in [1.54, 1.807) is 28.8 Å². The summed E-state index contributed by atoms with van der Waals surface area (Å²) in [5.41, 5.74) is 8.41. The van der Waals surface area contributed by atoms with Crippen molar-refractivity contribution in [1.29, 1.82) is 0 Å². The fourth-order valence-corrected chi connectivity index (χ4v) is 4.19. The second-order valence-electron chi connectivity index (χ2n) is 6.75. The number of thioether (sulfide) groups is 1. The van der Waals surface area contributed by atoms with Gasteiger partial charge in [0.25, 0.3) is 0 Å². The van der Waals surface area contributed by atoms with Gasteiger partial charge >= 0.3 is 0 Å². The smallest absolute Gasteiger partial charge is 0.245 e. The van der Waals surface area contributed by atoms with Gasteiger partial charge in [0.05, 0.1) is 18.3 Å². The molecule has 0 aliphatic carbocycles. The Morgan fingerprint density at radius 3 is 2.69 bits per heavy atom. The topological polar surface area (TPSA) is 63.4 Å². The number of rotatable bonds is 7. The molecule has 2 aromatic rings. The molecule has 0 radical (unpaired) electrons. The standard InChI is InChI=1S/C22H23ClN2O2S.ClH/c1-2-3-4-5-20(26)16-8-11-21-19(12-16)25(22(27)18(24)14-28-21)13-15-6-9-17(23)10-7-15;/h2,6-12,18H,1,3-5,13-14,24H2;1H/t18-;/m0./s1. The number of carbonyl (C=O) groups is 2. The average molecular weight is 451 g/mol. The lowest BCUT2D eigenvalue weighted by Crippen LogP contribution is -2.44. The van der Waals surface area contributed by atoms with Crippen LogP contribution in [0.4, 0.5) is 5.69 Å². The van der Waals surface area contributed by atoms with E-state index in [9.17, 15) is 9.59 Å². The van der Waals surface area contributed by atoms with E-state index in [1.807, 2.05) is 36.4 Å². The van der Waals surface area contributed by atoms with Crippen LogP contribution in [-0.4, -0.2) is 23.5 Å². The predicted octanol–water partition coefficient (Wildman–Crippen LogP) is 5.27. The van der Waals surface area contributed by atoms with E-state index in [2.05, 4.69) is 6.58 Å². The van der Waals surface area contributed by atoms with E-state index in [1.165, 1.54) is 0 Å². The molecule has 1 atom stereocenters. The van der Waals surface area contributed by atoms with E-state index >= 15 is 0 Å². The molecule has 0 unspecified atom stereocenters. The van der Waals surface area contributed by atoms with Gasteiger partial charge in [0.1, 0.15) is 0 Å². The van der Waals surface area contributed by atoms with Crippen molar-refractivity contribution < 1.29 is 9.59 Å². The lowest BCUT2D eigenvalue weighted by Gasteiger charge is -2.25. The normalized spacial score (nSPS) is 15.9. The van der Waals surface area contributed by atoms with Crippen molar-refractivity contribution in [2.24, 2.45) is 5.73 Å². The Labute approximate surface area is 186 Å². The van der Waals surface area contributed by atoms with Crippen LogP contribution in [0.25, 0.3) is 0 Å². The molecule has 1 heterocycles. The van der Waals surface area contributed by atoms with Crippen LogP contribution in [0, 0.1) is 0 Å². The minimum absolute atomic E-state index is 0. The quantitative estimate of drug-likeness (QED) is 0.354. The average Bonchev–Trinajstić information content (AvgIpc) is 2.81. The minimum Gasteiger partial charge on any atom is -0.319 e. The molecule has 29 heavy (non-hydrogen) atoms. The number of anilines is 1. The zero-order valence-electron chi connectivity index (χ0n) is 16.0. The molecule has 0 fully saturated rings. The third kappa shape index (κ3) is 5.86. The highest BCUT2D eigenvalue weighted by atomic mass is 35.5. The molecule has 0 spiro atoms. The number of Topliss-reactive ketones (excluding diaryl/α,β-unsaturated/α-hetero) is 1. The van der Waals surface area contributed by atoms with Gasteiger partial charge in [-0.15, -0.1) is 30.7 Å². The number of amides is 1. The first kappa shape index (κ1) is 23.5. The maximum absolute atomic E-state index is 12.9. The first-order valence-electron chi connectivity index (χ1n) is 9.22. The molecule has 1 aliphatic rings. The highest BCUT2D eigenvalue weighted by Crippen LogP contribution is 2.36. The number of carbonyl (C=O) groups excluding carboxylic acids is 2. The molecule has 1 aliphatic heterocycles. The van der Waals surface area contributed by atoms with Crippen LogP contribution in [0.2, 0.25) is 5.02 Å². The lowest BCUT2D eigenvalue weighted by molar-refractivity contribution is -0.119. The van der Waals surface area contributed by atoms with Crippen molar-refractivity contribution in [1.82, 2.24) is 0 Å². The Hall–Kier alpha value is -1.79. The van der Waals surface area contributed by atoms with Gasteiger partial charge in [0, 0.05) is 27.7 Å². The van der Waals surface area contributed by atoms with Crippen LogP contribution < -0.4 is 10.6 Å².